The van der Waals surface area contributed by atoms with Gasteiger partial charge in [0.15, 0.2) is 0 Å². The van der Waals surface area contributed by atoms with Crippen molar-refractivity contribution >= 4 is 29.0 Å². The fraction of sp³-hybridized carbons (Fsp3) is 0.500. The smallest absolute Gasteiger partial charge is 0.137 e. The van der Waals surface area contributed by atoms with Crippen LogP contribution in [0.3, 0.4) is 0 Å². The van der Waals surface area contributed by atoms with Gasteiger partial charge >= 0.3 is 0 Å². The minimum absolute atomic E-state index is 0.219. The third kappa shape index (κ3) is 5.10. The van der Waals surface area contributed by atoms with Crippen LogP contribution in [0.2, 0.25) is 10.0 Å². The van der Waals surface area contributed by atoms with Gasteiger partial charge in [0.1, 0.15) is 5.78 Å². The maximum atomic E-state index is 11.8. The van der Waals surface area contributed by atoms with E-state index in [1.165, 1.54) is 12.8 Å². The minimum Gasteiger partial charge on any atom is -0.299 e. The van der Waals surface area contributed by atoms with Crippen LogP contribution in [0, 0.1) is 0 Å². The van der Waals surface area contributed by atoms with Gasteiger partial charge in [0.2, 0.25) is 0 Å². The summed E-state index contributed by atoms with van der Waals surface area (Å²) in [6.45, 7) is 2.16. The third-order valence-electron chi connectivity index (χ3n) is 2.74. The Morgan fingerprint density at radius 1 is 1.12 bits per heavy atom. The second kappa shape index (κ2) is 7.73. The van der Waals surface area contributed by atoms with Gasteiger partial charge in [0.05, 0.1) is 0 Å². The Morgan fingerprint density at radius 3 is 2.35 bits per heavy atom. The van der Waals surface area contributed by atoms with Crippen LogP contribution in [0.5, 0.6) is 0 Å². The molecule has 0 fully saturated rings. The molecular formula is C14H18Cl2O. The van der Waals surface area contributed by atoms with Crippen molar-refractivity contribution in [1.29, 1.82) is 0 Å². The predicted octanol–water partition coefficient (Wildman–Crippen LogP) is 5.08. The predicted molar refractivity (Wildman–Crippen MR) is 73.9 cm³/mol. The zero-order chi connectivity index (χ0) is 12.7. The third-order valence-corrected chi connectivity index (χ3v) is 3.45. The van der Waals surface area contributed by atoms with Crippen molar-refractivity contribution in [2.75, 3.05) is 0 Å². The highest BCUT2D eigenvalue weighted by Crippen LogP contribution is 2.25. The molecule has 1 aromatic carbocycles. The molecule has 0 aliphatic carbocycles. The topological polar surface area (TPSA) is 17.1 Å². The summed E-state index contributed by atoms with van der Waals surface area (Å²) in [5.74, 6) is 0.219. The van der Waals surface area contributed by atoms with Gasteiger partial charge < -0.3 is 0 Å². The molecule has 0 radical (unpaired) electrons. The summed E-state index contributed by atoms with van der Waals surface area (Å²) in [5, 5.41) is 1.17. The fourth-order valence-corrected chi connectivity index (χ4v) is 2.27. The van der Waals surface area contributed by atoms with Crippen molar-refractivity contribution in [3.05, 3.63) is 33.8 Å². The van der Waals surface area contributed by atoms with E-state index < -0.39 is 0 Å². The second-order valence-electron chi connectivity index (χ2n) is 4.23. The Balaban J connectivity index is 2.45. The SMILES string of the molecule is CCCCCCC(=O)Cc1c(Cl)cccc1Cl. The highest BCUT2D eigenvalue weighted by Gasteiger charge is 2.10. The highest BCUT2D eigenvalue weighted by molar-refractivity contribution is 6.36. The molecule has 1 aromatic rings. The Hall–Kier alpha value is -0.530. The van der Waals surface area contributed by atoms with Crippen molar-refractivity contribution < 1.29 is 4.79 Å². The molecule has 0 aliphatic rings. The Labute approximate surface area is 113 Å². The van der Waals surface area contributed by atoms with Gasteiger partial charge in [-0.3, -0.25) is 4.79 Å². The van der Waals surface area contributed by atoms with Crippen LogP contribution in [-0.4, -0.2) is 5.78 Å². The summed E-state index contributed by atoms with van der Waals surface area (Å²) in [6, 6.07) is 5.33. The summed E-state index contributed by atoms with van der Waals surface area (Å²) in [4.78, 5) is 11.8. The summed E-state index contributed by atoms with van der Waals surface area (Å²) >= 11 is 12.0. The molecular weight excluding hydrogens is 255 g/mol. The van der Waals surface area contributed by atoms with E-state index in [0.29, 0.717) is 22.9 Å². The van der Waals surface area contributed by atoms with Gasteiger partial charge in [-0.2, -0.15) is 0 Å². The summed E-state index contributed by atoms with van der Waals surface area (Å²) < 4.78 is 0. The average Bonchev–Trinajstić information content (AvgIpc) is 2.30. The number of carbonyl (C=O) groups excluding carboxylic acids is 1. The molecule has 94 valence electrons. The highest BCUT2D eigenvalue weighted by atomic mass is 35.5. The molecule has 0 saturated carbocycles. The number of benzene rings is 1. The van der Waals surface area contributed by atoms with Crippen LogP contribution in [0.1, 0.15) is 44.6 Å². The molecule has 1 nitrogen and oxygen atoms in total. The van der Waals surface area contributed by atoms with E-state index in [1.807, 2.05) is 0 Å². The lowest BCUT2D eigenvalue weighted by Crippen LogP contribution is -2.03. The largest absolute Gasteiger partial charge is 0.299 e. The molecule has 0 atom stereocenters. The minimum atomic E-state index is 0.219. The monoisotopic (exact) mass is 272 g/mol. The zero-order valence-electron chi connectivity index (χ0n) is 10.1. The lowest BCUT2D eigenvalue weighted by atomic mass is 10.0. The lowest BCUT2D eigenvalue weighted by molar-refractivity contribution is -0.118. The van der Waals surface area contributed by atoms with E-state index in [-0.39, 0.29) is 5.78 Å². The molecule has 1 rings (SSSR count). The molecule has 17 heavy (non-hydrogen) atoms. The van der Waals surface area contributed by atoms with Gasteiger partial charge in [-0.1, -0.05) is 55.5 Å². The fourth-order valence-electron chi connectivity index (χ4n) is 1.74. The number of rotatable bonds is 7. The first-order valence-electron chi connectivity index (χ1n) is 6.09. The van der Waals surface area contributed by atoms with Crippen LogP contribution in [-0.2, 0) is 11.2 Å². The molecule has 0 spiro atoms. The first-order valence-corrected chi connectivity index (χ1v) is 6.85. The lowest BCUT2D eigenvalue weighted by Gasteiger charge is -2.06. The molecule has 3 heteroatoms. The van der Waals surface area contributed by atoms with Crippen molar-refractivity contribution in [3.8, 4) is 0 Å². The van der Waals surface area contributed by atoms with Crippen LogP contribution in [0.4, 0.5) is 0 Å². The number of halogens is 2. The van der Waals surface area contributed by atoms with Crippen molar-refractivity contribution in [2.24, 2.45) is 0 Å². The molecule has 0 N–H and O–H groups in total. The van der Waals surface area contributed by atoms with Gasteiger partial charge in [-0.15, -0.1) is 0 Å². The van der Waals surface area contributed by atoms with E-state index in [1.54, 1.807) is 18.2 Å². The van der Waals surface area contributed by atoms with E-state index in [4.69, 9.17) is 23.2 Å². The molecule has 0 amide bonds. The van der Waals surface area contributed by atoms with Crippen LogP contribution in [0.15, 0.2) is 18.2 Å². The molecule has 0 aliphatic heterocycles. The number of unbranched alkanes of at least 4 members (excludes halogenated alkanes) is 3. The number of hydrogen-bond donors (Lipinski definition) is 0. The number of ketones is 1. The van der Waals surface area contributed by atoms with E-state index in [0.717, 1.165) is 18.4 Å². The molecule has 0 bridgehead atoms. The van der Waals surface area contributed by atoms with Crippen molar-refractivity contribution in [1.82, 2.24) is 0 Å². The quantitative estimate of drug-likeness (QED) is 0.633. The molecule has 0 saturated heterocycles. The first-order chi connectivity index (χ1) is 8.15. The normalized spacial score (nSPS) is 10.5. The molecule has 0 aromatic heterocycles. The van der Waals surface area contributed by atoms with Crippen molar-refractivity contribution in [3.63, 3.8) is 0 Å². The van der Waals surface area contributed by atoms with Gasteiger partial charge in [-0.05, 0) is 24.1 Å². The first kappa shape index (κ1) is 14.5. The number of Topliss-reactive ketones (excluding diaryl/α,β-unsaturated/α-hetero) is 1. The van der Waals surface area contributed by atoms with Crippen molar-refractivity contribution in [2.45, 2.75) is 45.4 Å². The molecule has 0 unspecified atom stereocenters. The van der Waals surface area contributed by atoms with Gasteiger partial charge in [-0.25, -0.2) is 0 Å². The van der Waals surface area contributed by atoms with Gasteiger partial charge in [0.25, 0.3) is 0 Å². The molecule has 0 heterocycles. The Morgan fingerprint density at radius 2 is 1.76 bits per heavy atom. The Bertz CT molecular complexity index is 354. The zero-order valence-corrected chi connectivity index (χ0v) is 11.7. The summed E-state index contributed by atoms with van der Waals surface area (Å²) in [7, 11) is 0. The van der Waals surface area contributed by atoms with Crippen LogP contribution >= 0.6 is 23.2 Å². The summed E-state index contributed by atoms with van der Waals surface area (Å²) in [5.41, 5.74) is 0.760. The van der Waals surface area contributed by atoms with Crippen LogP contribution < -0.4 is 0 Å². The van der Waals surface area contributed by atoms with E-state index in [2.05, 4.69) is 6.92 Å². The van der Waals surface area contributed by atoms with E-state index in [9.17, 15) is 4.79 Å². The van der Waals surface area contributed by atoms with Gasteiger partial charge in [0, 0.05) is 22.9 Å². The standard InChI is InChI=1S/C14H18Cl2O/c1-2-3-4-5-7-11(17)10-12-13(15)8-6-9-14(12)16/h6,8-9H,2-5,7,10H2,1H3. The number of hydrogen-bond acceptors (Lipinski definition) is 1. The summed E-state index contributed by atoms with van der Waals surface area (Å²) in [6.07, 6.45) is 5.45. The maximum Gasteiger partial charge on any atom is 0.137 e. The maximum absolute atomic E-state index is 11.8. The average molecular weight is 273 g/mol. The second-order valence-corrected chi connectivity index (χ2v) is 5.04. The number of carbonyl (C=O) groups is 1. The van der Waals surface area contributed by atoms with E-state index >= 15 is 0 Å². The Kier molecular flexibility index (Phi) is 6.61. The van der Waals surface area contributed by atoms with Crippen LogP contribution in [0.25, 0.3) is 0 Å².